The van der Waals surface area contributed by atoms with E-state index in [2.05, 4.69) is 5.43 Å². The Morgan fingerprint density at radius 3 is 2.60 bits per heavy atom. The number of nitrogens with one attached hydrogen (secondary N) is 1. The number of halogens is 1. The van der Waals surface area contributed by atoms with Crippen LogP contribution in [0.5, 0.6) is 0 Å². The van der Waals surface area contributed by atoms with Crippen molar-refractivity contribution < 1.29 is 0 Å². The van der Waals surface area contributed by atoms with Gasteiger partial charge in [-0.3, -0.25) is 5.43 Å². The summed E-state index contributed by atoms with van der Waals surface area (Å²) in [6.45, 7) is 0. The van der Waals surface area contributed by atoms with Gasteiger partial charge in [-0.15, -0.1) is 0 Å². The Bertz CT molecular complexity index is 456. The zero-order valence-electron chi connectivity index (χ0n) is 7.81. The van der Waals surface area contributed by atoms with E-state index in [1.165, 1.54) is 5.01 Å². The summed E-state index contributed by atoms with van der Waals surface area (Å²) in [7, 11) is 0. The van der Waals surface area contributed by atoms with Gasteiger partial charge in [0, 0.05) is 0 Å². The minimum absolute atomic E-state index is 0.359. The zero-order valence-corrected chi connectivity index (χ0v) is 8.57. The molecule has 1 aromatic rings. The van der Waals surface area contributed by atoms with Gasteiger partial charge in [0.2, 0.25) is 6.19 Å². The van der Waals surface area contributed by atoms with E-state index in [1.807, 2.05) is 42.6 Å². The number of hydrogen-bond donors (Lipinski definition) is 1. The van der Waals surface area contributed by atoms with E-state index < -0.39 is 0 Å². The molecule has 0 amide bonds. The first-order valence-corrected chi connectivity index (χ1v) is 4.78. The molecule has 0 saturated heterocycles. The minimum atomic E-state index is 0.359. The van der Waals surface area contributed by atoms with Crippen molar-refractivity contribution in [2.45, 2.75) is 0 Å². The molecule has 1 aliphatic heterocycles. The van der Waals surface area contributed by atoms with E-state index in [0.717, 1.165) is 11.3 Å². The number of allylic oxidation sites excluding steroid dienone is 2. The Kier molecular flexibility index (Phi) is 2.61. The molecule has 1 heterocycles. The average Bonchev–Trinajstić information content (AvgIpc) is 2.31. The van der Waals surface area contributed by atoms with Gasteiger partial charge < -0.3 is 0 Å². The van der Waals surface area contributed by atoms with Crippen LogP contribution in [0.25, 0.3) is 5.70 Å². The lowest BCUT2D eigenvalue weighted by atomic mass is 10.1. The second kappa shape index (κ2) is 4.07. The molecule has 0 radical (unpaired) electrons. The van der Waals surface area contributed by atoms with Crippen molar-refractivity contribution >= 4 is 17.3 Å². The first-order chi connectivity index (χ1) is 7.31. The van der Waals surface area contributed by atoms with E-state index in [0.29, 0.717) is 5.16 Å². The summed E-state index contributed by atoms with van der Waals surface area (Å²) in [5, 5.41) is 10.4. The van der Waals surface area contributed by atoms with Crippen molar-refractivity contribution in [3.8, 4) is 6.19 Å². The molecule has 15 heavy (non-hydrogen) atoms. The van der Waals surface area contributed by atoms with Gasteiger partial charge >= 0.3 is 0 Å². The minimum Gasteiger partial charge on any atom is -0.284 e. The van der Waals surface area contributed by atoms with Crippen LogP contribution in [0.1, 0.15) is 5.56 Å². The maximum atomic E-state index is 8.79. The molecule has 0 aliphatic carbocycles. The van der Waals surface area contributed by atoms with Gasteiger partial charge in [-0.05, 0) is 17.7 Å². The van der Waals surface area contributed by atoms with Crippen molar-refractivity contribution in [2.75, 3.05) is 0 Å². The molecule has 0 unspecified atom stereocenters. The summed E-state index contributed by atoms with van der Waals surface area (Å²) < 4.78 is 0. The quantitative estimate of drug-likeness (QED) is 0.580. The third-order valence-corrected chi connectivity index (χ3v) is 2.31. The van der Waals surface area contributed by atoms with Gasteiger partial charge in [-0.1, -0.05) is 41.9 Å². The first kappa shape index (κ1) is 9.63. The van der Waals surface area contributed by atoms with E-state index in [9.17, 15) is 0 Å². The summed E-state index contributed by atoms with van der Waals surface area (Å²) in [4.78, 5) is 0. The standard InChI is InChI=1S/C11H8ClN3/c12-11-7-6-10(14-15(11)8-13)9-4-2-1-3-5-9/h1-7,14H. The molecule has 2 rings (SSSR count). The Hall–Kier alpha value is -1.92. The van der Waals surface area contributed by atoms with Crippen LogP contribution in [-0.4, -0.2) is 5.01 Å². The summed E-state index contributed by atoms with van der Waals surface area (Å²) >= 11 is 5.79. The fourth-order valence-electron chi connectivity index (χ4n) is 1.29. The second-order valence-corrected chi connectivity index (χ2v) is 3.37. The summed E-state index contributed by atoms with van der Waals surface area (Å²) in [6, 6.07) is 9.74. The molecule has 74 valence electrons. The lowest BCUT2D eigenvalue weighted by Crippen LogP contribution is -2.32. The molecule has 0 bridgehead atoms. The number of rotatable bonds is 1. The number of benzene rings is 1. The van der Waals surface area contributed by atoms with Gasteiger partial charge in [0.25, 0.3) is 0 Å². The summed E-state index contributed by atoms with van der Waals surface area (Å²) in [6.07, 6.45) is 5.46. The molecule has 3 nitrogen and oxygen atoms in total. The predicted octanol–water partition coefficient (Wildman–Crippen LogP) is 2.41. The van der Waals surface area contributed by atoms with Crippen molar-refractivity contribution in [3.05, 3.63) is 53.2 Å². The van der Waals surface area contributed by atoms with Crippen LogP contribution >= 0.6 is 11.6 Å². The fraction of sp³-hybridized carbons (Fsp3) is 0. The predicted molar refractivity (Wildman–Crippen MR) is 58.9 cm³/mol. The summed E-state index contributed by atoms with van der Waals surface area (Å²) in [5.41, 5.74) is 4.76. The van der Waals surface area contributed by atoms with Gasteiger partial charge in [0.15, 0.2) is 0 Å². The van der Waals surface area contributed by atoms with Crippen LogP contribution in [0.3, 0.4) is 0 Å². The highest BCUT2D eigenvalue weighted by molar-refractivity contribution is 6.29. The van der Waals surface area contributed by atoms with Crippen LogP contribution < -0.4 is 5.43 Å². The Balaban J connectivity index is 2.31. The highest BCUT2D eigenvalue weighted by atomic mass is 35.5. The lowest BCUT2D eigenvalue weighted by molar-refractivity contribution is 0.445. The van der Waals surface area contributed by atoms with Crippen LogP contribution in [0.2, 0.25) is 0 Å². The van der Waals surface area contributed by atoms with Crippen molar-refractivity contribution in [3.63, 3.8) is 0 Å². The SMILES string of the molecule is N#CN1NC(c2ccccc2)=CC=C1Cl. The lowest BCUT2D eigenvalue weighted by Gasteiger charge is -2.22. The maximum Gasteiger partial charge on any atom is 0.205 e. The topological polar surface area (TPSA) is 39.1 Å². The molecule has 1 aliphatic rings. The second-order valence-electron chi connectivity index (χ2n) is 2.98. The number of nitrogens with zero attached hydrogens (tertiary/aromatic N) is 2. The number of hydrazine groups is 1. The Labute approximate surface area is 92.8 Å². The van der Waals surface area contributed by atoms with Crippen molar-refractivity contribution in [1.82, 2.24) is 10.4 Å². The Morgan fingerprint density at radius 1 is 1.20 bits per heavy atom. The third-order valence-electron chi connectivity index (χ3n) is 2.02. The van der Waals surface area contributed by atoms with Crippen LogP contribution in [0, 0.1) is 11.5 Å². The van der Waals surface area contributed by atoms with Crippen molar-refractivity contribution in [2.24, 2.45) is 0 Å². The molecule has 1 N–H and O–H groups in total. The molecule has 0 spiro atoms. The largest absolute Gasteiger partial charge is 0.284 e. The molecule has 0 fully saturated rings. The number of hydrogen-bond acceptors (Lipinski definition) is 3. The molecule has 0 aromatic heterocycles. The van der Waals surface area contributed by atoms with E-state index in [-0.39, 0.29) is 0 Å². The molecule has 0 atom stereocenters. The smallest absolute Gasteiger partial charge is 0.205 e. The molecule has 0 saturated carbocycles. The number of nitriles is 1. The zero-order chi connectivity index (χ0) is 10.7. The average molecular weight is 218 g/mol. The molecular formula is C11H8ClN3. The molecule has 4 heteroatoms. The summed E-state index contributed by atoms with van der Waals surface area (Å²) in [5.74, 6) is 0. The normalized spacial score (nSPS) is 14.8. The van der Waals surface area contributed by atoms with Gasteiger partial charge in [0.1, 0.15) is 5.16 Å². The van der Waals surface area contributed by atoms with Crippen LogP contribution in [0.4, 0.5) is 0 Å². The van der Waals surface area contributed by atoms with Crippen LogP contribution in [0.15, 0.2) is 47.6 Å². The highest BCUT2D eigenvalue weighted by Crippen LogP contribution is 2.19. The monoisotopic (exact) mass is 217 g/mol. The molecular weight excluding hydrogens is 210 g/mol. The van der Waals surface area contributed by atoms with E-state index >= 15 is 0 Å². The van der Waals surface area contributed by atoms with Gasteiger partial charge in [0.05, 0.1) is 5.70 Å². The Morgan fingerprint density at radius 2 is 1.93 bits per heavy atom. The van der Waals surface area contributed by atoms with Gasteiger partial charge in [-0.25, -0.2) is 0 Å². The fourth-order valence-corrected chi connectivity index (χ4v) is 1.43. The van der Waals surface area contributed by atoms with Gasteiger partial charge in [-0.2, -0.15) is 10.3 Å². The first-order valence-electron chi connectivity index (χ1n) is 4.40. The highest BCUT2D eigenvalue weighted by Gasteiger charge is 2.12. The van der Waals surface area contributed by atoms with E-state index in [4.69, 9.17) is 16.9 Å². The van der Waals surface area contributed by atoms with E-state index in [1.54, 1.807) is 6.08 Å². The third kappa shape index (κ3) is 1.95. The van der Waals surface area contributed by atoms with Crippen LogP contribution in [-0.2, 0) is 0 Å². The maximum absolute atomic E-state index is 8.79. The molecule has 1 aromatic carbocycles. The van der Waals surface area contributed by atoms with Crippen molar-refractivity contribution in [1.29, 1.82) is 5.26 Å².